The molecule has 0 bridgehead atoms. The number of anilines is 1. The van der Waals surface area contributed by atoms with E-state index in [9.17, 15) is 9.90 Å². The molecule has 4 N–H and O–H groups in total. The lowest BCUT2D eigenvalue weighted by molar-refractivity contribution is -0.115. The quantitative estimate of drug-likeness (QED) is 0.279. The third kappa shape index (κ3) is 9.01. The molecule has 2 heterocycles. The number of thiazole rings is 1. The Hall–Kier alpha value is -1.95. The Morgan fingerprint density at radius 3 is 2.53 bits per heavy atom. The van der Waals surface area contributed by atoms with E-state index in [1.165, 1.54) is 11.3 Å². The summed E-state index contributed by atoms with van der Waals surface area (Å²) in [7, 11) is 0. The molecule has 0 aliphatic rings. The molecule has 2 aromatic heterocycles. The Labute approximate surface area is 214 Å². The van der Waals surface area contributed by atoms with E-state index in [-0.39, 0.29) is 36.8 Å². The second kappa shape index (κ2) is 13.2. The minimum atomic E-state index is -0.763. The van der Waals surface area contributed by atoms with E-state index in [4.69, 9.17) is 9.52 Å². The first kappa shape index (κ1) is 28.3. The Balaban J connectivity index is 0.00000408. The average molecular weight is 527 g/mol. The summed E-state index contributed by atoms with van der Waals surface area (Å²) < 4.78 is 6.79. The molecular formula is C23H31ClN4O4S2. The van der Waals surface area contributed by atoms with E-state index >= 15 is 0 Å². The Morgan fingerprint density at radius 2 is 1.88 bits per heavy atom. The van der Waals surface area contributed by atoms with Gasteiger partial charge < -0.3 is 25.3 Å². The van der Waals surface area contributed by atoms with E-state index < -0.39 is 6.10 Å². The van der Waals surface area contributed by atoms with E-state index in [1.54, 1.807) is 24.2 Å². The summed E-state index contributed by atoms with van der Waals surface area (Å²) in [6.45, 7) is 6.89. The van der Waals surface area contributed by atoms with Gasteiger partial charge in [-0.2, -0.15) is 0 Å². The van der Waals surface area contributed by atoms with Crippen molar-refractivity contribution in [2.75, 3.05) is 18.5 Å². The first-order valence-corrected chi connectivity index (χ1v) is 12.4. The van der Waals surface area contributed by atoms with Crippen molar-refractivity contribution in [2.45, 2.75) is 55.2 Å². The van der Waals surface area contributed by atoms with Gasteiger partial charge in [-0.25, -0.2) is 9.97 Å². The summed E-state index contributed by atoms with van der Waals surface area (Å²) in [6.07, 6.45) is 3.01. The molecule has 0 unspecified atom stereocenters. The number of hydrogen-bond acceptors (Lipinski definition) is 9. The summed E-state index contributed by atoms with van der Waals surface area (Å²) in [4.78, 5) is 21.0. The highest BCUT2D eigenvalue weighted by Gasteiger charge is 2.19. The number of carbonyl (C=O) groups excluding carboxylic acids is 1. The molecule has 0 aliphatic heterocycles. The van der Waals surface area contributed by atoms with Gasteiger partial charge >= 0.3 is 0 Å². The van der Waals surface area contributed by atoms with E-state index in [0.717, 1.165) is 21.1 Å². The number of aliphatic hydroxyl groups is 2. The minimum Gasteiger partial charge on any atom is -0.444 e. The topological polar surface area (TPSA) is 121 Å². The fourth-order valence-electron chi connectivity index (χ4n) is 2.81. The van der Waals surface area contributed by atoms with Crippen LogP contribution in [0.5, 0.6) is 0 Å². The van der Waals surface area contributed by atoms with Gasteiger partial charge in [0.1, 0.15) is 5.76 Å². The molecule has 186 valence electrons. The third-order valence-electron chi connectivity index (χ3n) is 4.67. The number of nitrogens with zero attached hydrogens (tertiary/aromatic N) is 2. The van der Waals surface area contributed by atoms with Gasteiger partial charge in [0.15, 0.2) is 5.13 Å². The second-order valence-electron chi connectivity index (χ2n) is 8.65. The van der Waals surface area contributed by atoms with Gasteiger partial charge in [-0.15, -0.1) is 24.2 Å². The van der Waals surface area contributed by atoms with Crippen LogP contribution in [-0.2, 0) is 28.9 Å². The van der Waals surface area contributed by atoms with Gasteiger partial charge in [0.05, 0.1) is 41.5 Å². The summed E-state index contributed by atoms with van der Waals surface area (Å²) >= 11 is 3.00. The van der Waals surface area contributed by atoms with Crippen LogP contribution >= 0.6 is 35.5 Å². The first-order valence-electron chi connectivity index (χ1n) is 10.6. The molecule has 1 atom stereocenters. The summed E-state index contributed by atoms with van der Waals surface area (Å²) in [5.41, 5.74) is 1.86. The SMILES string of the molecule is CC(C)(C)c1cnc(CSc2cnc(NC(=O)Cc3ccc(CNC[C@@H](O)CO)cc3)s2)o1.Cl. The van der Waals surface area contributed by atoms with Crippen molar-refractivity contribution in [1.82, 2.24) is 15.3 Å². The highest BCUT2D eigenvalue weighted by molar-refractivity contribution is 8.00. The molecule has 1 amide bonds. The molecule has 0 spiro atoms. The standard InChI is InChI=1S/C23H30N4O4S2.ClH/c1-23(2,3)18-11-25-20(31-18)14-32-21-12-26-22(33-21)27-19(30)8-15-4-6-16(7-5-15)9-24-10-17(29)13-28;/h4-7,11-12,17,24,28-29H,8-10,13-14H2,1-3H3,(H,26,27,30);1H/t17-;/m1./s1. The summed E-state index contributed by atoms with van der Waals surface area (Å²) in [6, 6.07) is 7.69. The number of benzene rings is 1. The lowest BCUT2D eigenvalue weighted by Crippen LogP contribution is -2.28. The molecule has 0 radical (unpaired) electrons. The van der Waals surface area contributed by atoms with Crippen LogP contribution in [0, 0.1) is 0 Å². The largest absolute Gasteiger partial charge is 0.444 e. The van der Waals surface area contributed by atoms with E-state index in [0.29, 0.717) is 29.9 Å². The van der Waals surface area contributed by atoms with Gasteiger partial charge in [-0.1, -0.05) is 56.4 Å². The second-order valence-corrected chi connectivity index (χ2v) is 11.0. The van der Waals surface area contributed by atoms with Gasteiger partial charge in [0.25, 0.3) is 0 Å². The molecule has 0 saturated heterocycles. The van der Waals surface area contributed by atoms with Gasteiger partial charge in [0, 0.05) is 18.5 Å². The average Bonchev–Trinajstić information content (AvgIpc) is 3.42. The van der Waals surface area contributed by atoms with Gasteiger partial charge in [-0.3, -0.25) is 4.79 Å². The minimum absolute atomic E-state index is 0. The lowest BCUT2D eigenvalue weighted by atomic mass is 9.94. The van der Waals surface area contributed by atoms with Crippen molar-refractivity contribution in [3.63, 3.8) is 0 Å². The molecule has 3 rings (SSSR count). The van der Waals surface area contributed by atoms with Crippen LogP contribution in [0.4, 0.5) is 5.13 Å². The Bertz CT molecular complexity index is 1030. The van der Waals surface area contributed by atoms with Crippen molar-refractivity contribution in [3.05, 3.63) is 59.4 Å². The Kier molecular flexibility index (Phi) is 11.0. The fourth-order valence-corrected chi connectivity index (χ4v) is 4.55. The van der Waals surface area contributed by atoms with Crippen LogP contribution in [-0.4, -0.2) is 45.3 Å². The number of nitrogens with one attached hydrogen (secondary N) is 2. The van der Waals surface area contributed by atoms with Crippen LogP contribution in [0.15, 0.2) is 45.3 Å². The van der Waals surface area contributed by atoms with Crippen molar-refractivity contribution in [3.8, 4) is 0 Å². The van der Waals surface area contributed by atoms with Crippen LogP contribution in [0.3, 0.4) is 0 Å². The molecule has 8 nitrogen and oxygen atoms in total. The zero-order chi connectivity index (χ0) is 23.8. The van der Waals surface area contributed by atoms with Crippen molar-refractivity contribution >= 4 is 46.5 Å². The molecule has 0 aliphatic carbocycles. The van der Waals surface area contributed by atoms with Crippen LogP contribution in [0.2, 0.25) is 0 Å². The number of hydrogen-bond donors (Lipinski definition) is 4. The predicted molar refractivity (Wildman–Crippen MR) is 138 cm³/mol. The van der Waals surface area contributed by atoms with Gasteiger partial charge in [-0.05, 0) is 11.1 Å². The fraction of sp³-hybridized carbons (Fsp3) is 0.435. The van der Waals surface area contributed by atoms with Crippen LogP contribution in [0.1, 0.15) is 43.5 Å². The highest BCUT2D eigenvalue weighted by Crippen LogP contribution is 2.31. The molecular weight excluding hydrogens is 496 g/mol. The first-order chi connectivity index (χ1) is 15.7. The zero-order valence-electron chi connectivity index (χ0n) is 19.4. The molecule has 0 fully saturated rings. The number of oxazole rings is 1. The monoisotopic (exact) mass is 526 g/mol. The number of halogens is 1. The molecule has 0 saturated carbocycles. The lowest BCUT2D eigenvalue weighted by Gasteiger charge is -2.12. The molecule has 1 aromatic carbocycles. The maximum absolute atomic E-state index is 12.4. The predicted octanol–water partition coefficient (Wildman–Crippen LogP) is 3.77. The summed E-state index contributed by atoms with van der Waals surface area (Å²) in [5.74, 6) is 2.01. The number of amides is 1. The number of carbonyl (C=O) groups is 1. The number of aliphatic hydroxyl groups excluding tert-OH is 2. The highest BCUT2D eigenvalue weighted by atomic mass is 35.5. The summed E-state index contributed by atoms with van der Waals surface area (Å²) in [5, 5.41) is 24.6. The number of rotatable bonds is 11. The van der Waals surface area contributed by atoms with Gasteiger partial charge in [0.2, 0.25) is 11.8 Å². The van der Waals surface area contributed by atoms with Crippen LogP contribution < -0.4 is 10.6 Å². The number of aromatic nitrogens is 2. The van der Waals surface area contributed by atoms with Crippen molar-refractivity contribution < 1.29 is 19.4 Å². The maximum Gasteiger partial charge on any atom is 0.230 e. The zero-order valence-corrected chi connectivity index (χ0v) is 21.9. The molecule has 3 aromatic rings. The normalized spacial score (nSPS) is 12.3. The van der Waals surface area contributed by atoms with E-state index in [1.807, 2.05) is 24.3 Å². The third-order valence-corrected chi connectivity index (χ3v) is 6.76. The molecule has 11 heteroatoms. The van der Waals surface area contributed by atoms with E-state index in [2.05, 4.69) is 41.4 Å². The smallest absolute Gasteiger partial charge is 0.230 e. The van der Waals surface area contributed by atoms with Crippen molar-refractivity contribution in [2.24, 2.45) is 0 Å². The number of thioether (sulfide) groups is 1. The Morgan fingerprint density at radius 1 is 1.18 bits per heavy atom. The maximum atomic E-state index is 12.4. The molecule has 34 heavy (non-hydrogen) atoms. The van der Waals surface area contributed by atoms with Crippen LogP contribution in [0.25, 0.3) is 0 Å². The van der Waals surface area contributed by atoms with Crippen molar-refractivity contribution in [1.29, 1.82) is 0 Å².